The second kappa shape index (κ2) is 6.61. The van der Waals surface area contributed by atoms with Gasteiger partial charge in [0.05, 0.1) is 0 Å². The van der Waals surface area contributed by atoms with Gasteiger partial charge in [-0.2, -0.15) is 0 Å². The highest BCUT2D eigenvalue weighted by Crippen LogP contribution is 2.35. The van der Waals surface area contributed by atoms with Crippen molar-refractivity contribution in [2.45, 2.75) is 51.0 Å². The van der Waals surface area contributed by atoms with Crippen molar-refractivity contribution in [1.82, 2.24) is 5.32 Å². The number of nitrogens with one attached hydrogen (secondary N) is 1. The first-order chi connectivity index (χ1) is 10.3. The van der Waals surface area contributed by atoms with E-state index in [-0.39, 0.29) is 0 Å². The number of benzene rings is 1. The van der Waals surface area contributed by atoms with Gasteiger partial charge in [-0.15, -0.1) is 0 Å². The molecule has 114 valence electrons. The van der Waals surface area contributed by atoms with Crippen molar-refractivity contribution < 1.29 is 4.79 Å². The minimum absolute atomic E-state index is 0.323. The van der Waals surface area contributed by atoms with Crippen LogP contribution in [0.3, 0.4) is 0 Å². The first kappa shape index (κ1) is 14.6. The number of hydrogen-bond donors (Lipinski definition) is 1. The van der Waals surface area contributed by atoms with Gasteiger partial charge in [0, 0.05) is 24.7 Å². The Balaban J connectivity index is 1.74. The van der Waals surface area contributed by atoms with E-state index < -0.39 is 0 Å². The van der Waals surface area contributed by atoms with Gasteiger partial charge in [0.25, 0.3) is 0 Å². The lowest BCUT2D eigenvalue weighted by atomic mass is 9.86. The second-order valence-electron chi connectivity index (χ2n) is 6.44. The van der Waals surface area contributed by atoms with Crippen molar-refractivity contribution >= 4 is 11.6 Å². The van der Waals surface area contributed by atoms with Crippen LogP contribution in [-0.4, -0.2) is 19.5 Å². The molecule has 1 aliphatic heterocycles. The summed E-state index contributed by atoms with van der Waals surface area (Å²) in [6.07, 6.45) is 8.16. The lowest BCUT2D eigenvalue weighted by Crippen LogP contribution is -2.39. The first-order valence-electron chi connectivity index (χ1n) is 8.36. The van der Waals surface area contributed by atoms with Crippen LogP contribution in [0, 0.1) is 5.92 Å². The third-order valence-electron chi connectivity index (χ3n) is 5.08. The molecule has 1 atom stereocenters. The van der Waals surface area contributed by atoms with Crippen LogP contribution in [0.5, 0.6) is 0 Å². The molecular weight excluding hydrogens is 260 g/mol. The number of carbonyl (C=O) groups excluding carboxylic acids is 1. The number of amides is 1. The second-order valence-corrected chi connectivity index (χ2v) is 6.44. The van der Waals surface area contributed by atoms with Crippen LogP contribution < -0.4 is 10.2 Å². The summed E-state index contributed by atoms with van der Waals surface area (Å²) in [6.45, 7) is 0.841. The van der Waals surface area contributed by atoms with Crippen LogP contribution >= 0.6 is 0 Å². The van der Waals surface area contributed by atoms with Crippen molar-refractivity contribution in [3.8, 4) is 0 Å². The molecule has 2 aliphatic rings. The normalized spacial score (nSPS) is 22.9. The predicted octanol–water partition coefficient (Wildman–Crippen LogP) is 3.65. The largest absolute Gasteiger partial charge is 0.313 e. The minimum atomic E-state index is 0.323. The highest BCUT2D eigenvalue weighted by atomic mass is 16.2. The molecule has 0 bridgehead atoms. The molecule has 21 heavy (non-hydrogen) atoms. The summed E-state index contributed by atoms with van der Waals surface area (Å²) in [5.41, 5.74) is 2.38. The first-order valence-corrected chi connectivity index (χ1v) is 8.36. The summed E-state index contributed by atoms with van der Waals surface area (Å²) in [5, 5.41) is 3.36. The molecular formula is C18H26N2O. The zero-order valence-electron chi connectivity index (χ0n) is 13.0. The molecule has 1 aliphatic carbocycles. The molecule has 0 radical (unpaired) electrons. The fourth-order valence-electron chi connectivity index (χ4n) is 3.87. The molecule has 1 aromatic rings. The molecule has 1 amide bonds. The van der Waals surface area contributed by atoms with Gasteiger partial charge in [-0.25, -0.2) is 0 Å². The van der Waals surface area contributed by atoms with Gasteiger partial charge in [0.2, 0.25) is 5.91 Å². The van der Waals surface area contributed by atoms with E-state index in [4.69, 9.17) is 0 Å². The van der Waals surface area contributed by atoms with E-state index in [1.807, 2.05) is 18.0 Å². The van der Waals surface area contributed by atoms with Crippen molar-refractivity contribution in [2.24, 2.45) is 5.92 Å². The van der Waals surface area contributed by atoms with Crippen LogP contribution in [0.1, 0.15) is 56.6 Å². The highest BCUT2D eigenvalue weighted by molar-refractivity contribution is 5.94. The van der Waals surface area contributed by atoms with Crippen LogP contribution in [0.15, 0.2) is 24.3 Å². The Morgan fingerprint density at radius 3 is 2.71 bits per heavy atom. The molecule has 1 saturated carbocycles. The molecule has 0 aromatic heterocycles. The minimum Gasteiger partial charge on any atom is -0.313 e. The van der Waals surface area contributed by atoms with Gasteiger partial charge in [0.1, 0.15) is 0 Å². The summed E-state index contributed by atoms with van der Waals surface area (Å²) in [4.78, 5) is 14.8. The number of anilines is 1. The summed E-state index contributed by atoms with van der Waals surface area (Å²) in [6, 6.07) is 8.73. The summed E-state index contributed by atoms with van der Waals surface area (Å²) >= 11 is 0. The maximum absolute atomic E-state index is 12.7. The maximum Gasteiger partial charge on any atom is 0.227 e. The molecule has 1 heterocycles. The number of rotatable bonds is 3. The summed E-state index contributed by atoms with van der Waals surface area (Å²) in [5.74, 6) is 0.935. The molecule has 1 N–H and O–H groups in total. The van der Waals surface area contributed by atoms with Crippen molar-refractivity contribution in [3.05, 3.63) is 29.8 Å². The number of para-hydroxylation sites is 1. The Morgan fingerprint density at radius 2 is 1.95 bits per heavy atom. The van der Waals surface area contributed by atoms with Gasteiger partial charge >= 0.3 is 0 Å². The van der Waals surface area contributed by atoms with Crippen LogP contribution in [0.2, 0.25) is 0 Å². The topological polar surface area (TPSA) is 32.3 Å². The number of fused-ring (bicyclic) bond motifs is 1. The zero-order chi connectivity index (χ0) is 14.7. The molecule has 0 spiro atoms. The SMILES string of the molecule is CNC1CCN(C(=O)CC2CCCCC2)c2ccccc21. The summed E-state index contributed by atoms with van der Waals surface area (Å²) in [7, 11) is 2.00. The number of nitrogens with zero attached hydrogens (tertiary/aromatic N) is 1. The number of carbonyl (C=O) groups is 1. The smallest absolute Gasteiger partial charge is 0.227 e. The number of hydrogen-bond acceptors (Lipinski definition) is 2. The van der Waals surface area contributed by atoms with Gasteiger partial charge in [-0.05, 0) is 43.9 Å². The lowest BCUT2D eigenvalue weighted by molar-refractivity contribution is -0.119. The van der Waals surface area contributed by atoms with Crippen molar-refractivity contribution in [2.75, 3.05) is 18.5 Å². The average molecular weight is 286 g/mol. The zero-order valence-corrected chi connectivity index (χ0v) is 13.0. The molecule has 1 unspecified atom stereocenters. The highest BCUT2D eigenvalue weighted by Gasteiger charge is 2.29. The lowest BCUT2D eigenvalue weighted by Gasteiger charge is -2.35. The van der Waals surface area contributed by atoms with Crippen LogP contribution in [0.4, 0.5) is 5.69 Å². The Morgan fingerprint density at radius 1 is 1.19 bits per heavy atom. The molecule has 0 saturated heterocycles. The van der Waals surface area contributed by atoms with Crippen molar-refractivity contribution in [1.29, 1.82) is 0 Å². The quantitative estimate of drug-likeness (QED) is 0.920. The van der Waals surface area contributed by atoms with E-state index in [9.17, 15) is 4.79 Å². The van der Waals surface area contributed by atoms with E-state index >= 15 is 0 Å². The molecule has 3 heteroatoms. The standard InChI is InChI=1S/C18H26N2O/c1-19-16-11-12-20(17-10-6-5-9-15(16)17)18(21)13-14-7-3-2-4-8-14/h5-6,9-10,14,16,19H,2-4,7-8,11-13H2,1H3. The van der Waals surface area contributed by atoms with E-state index in [1.165, 1.54) is 37.7 Å². The van der Waals surface area contributed by atoms with E-state index in [1.54, 1.807) is 0 Å². The van der Waals surface area contributed by atoms with Gasteiger partial charge in [-0.3, -0.25) is 4.79 Å². The van der Waals surface area contributed by atoms with Gasteiger partial charge in [-0.1, -0.05) is 37.5 Å². The molecule has 1 aromatic carbocycles. The Kier molecular flexibility index (Phi) is 4.59. The third kappa shape index (κ3) is 3.13. The Labute approximate surface area is 127 Å². The van der Waals surface area contributed by atoms with Gasteiger partial charge < -0.3 is 10.2 Å². The van der Waals surface area contributed by atoms with E-state index in [2.05, 4.69) is 23.5 Å². The average Bonchev–Trinajstić information content (AvgIpc) is 2.54. The van der Waals surface area contributed by atoms with Crippen LogP contribution in [0.25, 0.3) is 0 Å². The van der Waals surface area contributed by atoms with Crippen molar-refractivity contribution in [3.63, 3.8) is 0 Å². The monoisotopic (exact) mass is 286 g/mol. The van der Waals surface area contributed by atoms with Gasteiger partial charge in [0.15, 0.2) is 0 Å². The Hall–Kier alpha value is -1.35. The Bertz CT molecular complexity index is 494. The fraction of sp³-hybridized carbons (Fsp3) is 0.611. The molecule has 1 fully saturated rings. The maximum atomic E-state index is 12.7. The predicted molar refractivity (Wildman–Crippen MR) is 86.4 cm³/mol. The van der Waals surface area contributed by atoms with E-state index in [0.717, 1.165) is 25.1 Å². The fourth-order valence-corrected chi connectivity index (χ4v) is 3.87. The summed E-state index contributed by atoms with van der Waals surface area (Å²) < 4.78 is 0. The molecule has 3 nitrogen and oxygen atoms in total. The van der Waals surface area contributed by atoms with Crippen LogP contribution in [-0.2, 0) is 4.79 Å². The third-order valence-corrected chi connectivity index (χ3v) is 5.08. The van der Waals surface area contributed by atoms with E-state index in [0.29, 0.717) is 17.9 Å². The molecule has 3 rings (SSSR count).